The quantitative estimate of drug-likeness (QED) is 0.143. The van der Waals surface area contributed by atoms with Crippen LogP contribution in [0.2, 0.25) is 0 Å². The Labute approximate surface area is 295 Å². The van der Waals surface area contributed by atoms with E-state index in [1.807, 2.05) is 109 Å². The third-order valence-electron chi connectivity index (χ3n) is 6.25. The van der Waals surface area contributed by atoms with Gasteiger partial charge in [-0.15, -0.1) is 0 Å². The summed E-state index contributed by atoms with van der Waals surface area (Å²) in [6.07, 6.45) is 0. The van der Waals surface area contributed by atoms with E-state index in [9.17, 15) is 14.4 Å². The van der Waals surface area contributed by atoms with Gasteiger partial charge in [-0.2, -0.15) is 0 Å². The van der Waals surface area contributed by atoms with E-state index >= 15 is 0 Å². The molecule has 237 valence electrons. The van der Waals surface area contributed by atoms with E-state index < -0.39 is 17.9 Å². The van der Waals surface area contributed by atoms with Crippen LogP contribution in [0.25, 0.3) is 32.3 Å². The van der Waals surface area contributed by atoms with Gasteiger partial charge in [-0.3, -0.25) is 0 Å². The van der Waals surface area contributed by atoms with Crippen molar-refractivity contribution in [3.05, 3.63) is 127 Å². The Kier molecular flexibility index (Phi) is 14.1. The van der Waals surface area contributed by atoms with Crippen molar-refractivity contribution in [2.24, 2.45) is 0 Å². The molecule has 6 aromatic rings. The molecule has 0 saturated heterocycles. The molecule has 3 N–H and O–H groups in total. The second-order valence-corrected chi connectivity index (χ2v) is 9.57. The molecule has 46 heavy (non-hydrogen) atoms. The summed E-state index contributed by atoms with van der Waals surface area (Å²) < 4.78 is 15.2. The second kappa shape index (κ2) is 18.2. The number of carboxylic acids is 3. The van der Waals surface area contributed by atoms with E-state index in [-0.39, 0.29) is 58.4 Å². The molecule has 0 aliphatic rings. The summed E-state index contributed by atoms with van der Waals surface area (Å²) in [6.45, 7) is -0.922. The molecule has 0 saturated carbocycles. The number of hydrogen-bond donors (Lipinski definition) is 3. The van der Waals surface area contributed by atoms with Crippen molar-refractivity contribution in [2.45, 2.75) is 0 Å². The second-order valence-electron chi connectivity index (χ2n) is 9.57. The van der Waals surface area contributed by atoms with Crippen molar-refractivity contribution >= 4 is 50.2 Å². The van der Waals surface area contributed by atoms with Gasteiger partial charge < -0.3 is 29.5 Å². The predicted molar refractivity (Wildman–Crippen MR) is 171 cm³/mol. The minimum absolute atomic E-state index is 0. The van der Waals surface area contributed by atoms with Gasteiger partial charge in [0.2, 0.25) is 0 Å². The normalized spacial score (nSPS) is 9.91. The van der Waals surface area contributed by atoms with Gasteiger partial charge in [-0.25, -0.2) is 14.4 Å². The molecule has 0 spiro atoms. The van der Waals surface area contributed by atoms with Crippen LogP contribution in [0.4, 0.5) is 0 Å². The number of rotatable bonds is 9. The van der Waals surface area contributed by atoms with Crippen molar-refractivity contribution < 1.29 is 82.5 Å². The van der Waals surface area contributed by atoms with Gasteiger partial charge in [0.1, 0.15) is 17.2 Å². The smallest absolute Gasteiger partial charge is 0.341 e. The Morgan fingerprint density at radius 1 is 0.391 bits per heavy atom. The van der Waals surface area contributed by atoms with Gasteiger partial charge in [0, 0.05) is 38.6 Å². The summed E-state index contributed by atoms with van der Waals surface area (Å²) in [6, 6.07) is 40.1. The number of aliphatic carboxylic acids is 3. The summed E-state index contributed by atoms with van der Waals surface area (Å²) in [5, 5.41) is 31.8. The van der Waals surface area contributed by atoms with Crippen LogP contribution in [0.15, 0.2) is 127 Å². The average Bonchev–Trinajstić information content (AvgIpc) is 3.05. The van der Waals surface area contributed by atoms with E-state index in [0.717, 1.165) is 32.3 Å². The van der Waals surface area contributed by atoms with Crippen LogP contribution in [-0.4, -0.2) is 53.0 Å². The third-order valence-corrected chi connectivity index (χ3v) is 6.25. The van der Waals surface area contributed by atoms with Gasteiger partial charge in [-0.1, -0.05) is 91.0 Å². The average molecular weight is 766 g/mol. The summed E-state index contributed by atoms with van der Waals surface area (Å²) >= 11 is 0. The van der Waals surface area contributed by atoms with Crippen molar-refractivity contribution in [3.8, 4) is 17.2 Å². The zero-order valence-electron chi connectivity index (χ0n) is 24.4. The molecule has 0 amide bonds. The minimum Gasteiger partial charge on any atom is -0.482 e. The van der Waals surface area contributed by atoms with Crippen molar-refractivity contribution in [2.75, 3.05) is 19.8 Å². The maximum Gasteiger partial charge on any atom is 0.341 e. The molecule has 9 nitrogen and oxygen atoms in total. The van der Waals surface area contributed by atoms with Crippen LogP contribution in [-0.2, 0) is 14.4 Å². The SMILES string of the molecule is O=C(O)COc1ccc2ccccc2c1.O=C(O)COc1ccc2ccccc2c1.O=C(O)COc1ccc2ccccc2c1.[Tb]. The zero-order valence-corrected chi connectivity index (χ0v) is 26.5. The topological polar surface area (TPSA) is 140 Å². The van der Waals surface area contributed by atoms with Crippen LogP contribution < -0.4 is 14.2 Å². The Bertz CT molecular complexity index is 1700. The van der Waals surface area contributed by atoms with Gasteiger partial charge in [0.05, 0.1) is 0 Å². The van der Waals surface area contributed by atoms with Crippen LogP contribution in [0.1, 0.15) is 0 Å². The molecule has 0 aliphatic heterocycles. The summed E-state index contributed by atoms with van der Waals surface area (Å²) in [4.78, 5) is 30.9. The molecule has 0 aromatic heterocycles. The van der Waals surface area contributed by atoms with Crippen molar-refractivity contribution in [1.82, 2.24) is 0 Å². The number of ether oxygens (including phenoxy) is 3. The van der Waals surface area contributed by atoms with E-state index in [2.05, 4.69) is 0 Å². The molecule has 0 aliphatic carbocycles. The fourth-order valence-electron chi connectivity index (χ4n) is 4.21. The van der Waals surface area contributed by atoms with Crippen molar-refractivity contribution in [3.63, 3.8) is 0 Å². The molecule has 6 aromatic carbocycles. The first-order valence-corrected chi connectivity index (χ1v) is 13.8. The molecule has 0 heterocycles. The first kappa shape index (κ1) is 35.7. The first-order chi connectivity index (χ1) is 21.8. The van der Waals surface area contributed by atoms with Crippen LogP contribution >= 0.6 is 0 Å². The first-order valence-electron chi connectivity index (χ1n) is 13.8. The standard InChI is InChI=1S/3C12H10O3.Tb/c3*13-12(14)8-15-11-6-5-9-3-1-2-4-10(9)7-11;/h3*1-7H,8H2,(H,13,14);. The number of carboxylic acid groups (broad SMARTS) is 3. The molecule has 0 atom stereocenters. The van der Waals surface area contributed by atoms with Crippen LogP contribution in [0.3, 0.4) is 0 Å². The Morgan fingerprint density at radius 2 is 0.630 bits per heavy atom. The minimum atomic E-state index is -0.969. The van der Waals surface area contributed by atoms with E-state index in [1.54, 1.807) is 18.2 Å². The van der Waals surface area contributed by atoms with E-state index in [1.165, 1.54) is 0 Å². The summed E-state index contributed by atoms with van der Waals surface area (Å²) in [5.74, 6) is -1.17. The van der Waals surface area contributed by atoms with E-state index in [4.69, 9.17) is 29.5 Å². The Morgan fingerprint density at radius 3 is 0.870 bits per heavy atom. The molecule has 0 fully saturated rings. The summed E-state index contributed by atoms with van der Waals surface area (Å²) in [5.41, 5.74) is 0. The molecular weight excluding hydrogens is 735 g/mol. The molecular formula is C36H30O9Tb. The van der Waals surface area contributed by atoms with Gasteiger partial charge in [0.25, 0.3) is 0 Å². The molecule has 1 radical (unpaired) electrons. The zero-order chi connectivity index (χ0) is 32.0. The fourth-order valence-corrected chi connectivity index (χ4v) is 4.21. The molecule has 10 heteroatoms. The largest absolute Gasteiger partial charge is 0.482 e. The molecule has 0 unspecified atom stereocenters. The van der Waals surface area contributed by atoms with E-state index in [0.29, 0.717) is 17.2 Å². The number of hydrogen-bond acceptors (Lipinski definition) is 6. The fraction of sp³-hybridized carbons (Fsp3) is 0.0833. The summed E-state index contributed by atoms with van der Waals surface area (Å²) in [7, 11) is 0. The molecule has 6 rings (SSSR count). The van der Waals surface area contributed by atoms with Gasteiger partial charge in [0.15, 0.2) is 19.8 Å². The number of fused-ring (bicyclic) bond motifs is 3. The van der Waals surface area contributed by atoms with Crippen LogP contribution in [0, 0.1) is 38.6 Å². The predicted octanol–water partition coefficient (Wildman–Crippen LogP) is 6.91. The Hall–Kier alpha value is -4.80. The number of carbonyl (C=O) groups is 3. The number of benzene rings is 6. The van der Waals surface area contributed by atoms with Crippen LogP contribution in [0.5, 0.6) is 17.2 Å². The van der Waals surface area contributed by atoms with Gasteiger partial charge in [-0.05, 0) is 68.7 Å². The van der Waals surface area contributed by atoms with Gasteiger partial charge >= 0.3 is 17.9 Å². The van der Waals surface area contributed by atoms with Crippen molar-refractivity contribution in [1.29, 1.82) is 0 Å². The third kappa shape index (κ3) is 11.6. The maximum atomic E-state index is 10.3. The maximum absolute atomic E-state index is 10.3. The monoisotopic (exact) mass is 765 g/mol. The molecule has 0 bridgehead atoms. The Balaban J connectivity index is 0.000000186.